The number of ether oxygens (including phenoxy) is 1. The van der Waals surface area contributed by atoms with Crippen LogP contribution in [0.15, 0.2) is 33.9 Å². The Hall–Kier alpha value is -1.61. The van der Waals surface area contributed by atoms with Gasteiger partial charge in [-0.05, 0) is 35.8 Å². The fraction of sp³-hybridized carbons (Fsp3) is 0.333. The van der Waals surface area contributed by atoms with E-state index in [0.717, 1.165) is 0 Å². The van der Waals surface area contributed by atoms with Crippen molar-refractivity contribution in [2.75, 3.05) is 11.8 Å². The quantitative estimate of drug-likeness (QED) is 0.868. The van der Waals surface area contributed by atoms with Crippen LogP contribution in [0.25, 0.3) is 0 Å². The molecule has 9 heteroatoms. The molecule has 2 aromatic rings. The van der Waals surface area contributed by atoms with Crippen molar-refractivity contribution in [1.82, 2.24) is 14.8 Å². The van der Waals surface area contributed by atoms with Gasteiger partial charge >= 0.3 is 0 Å². The molecule has 0 atom stereocenters. The van der Waals surface area contributed by atoms with E-state index in [1.165, 1.54) is 19.4 Å². The summed E-state index contributed by atoms with van der Waals surface area (Å²) in [7, 11) is -2.47. The second kappa shape index (κ2) is 6.02. The van der Waals surface area contributed by atoms with E-state index < -0.39 is 10.0 Å². The number of methoxy groups -OCH3 is 1. The maximum Gasteiger partial charge on any atom is 0.268 e. The summed E-state index contributed by atoms with van der Waals surface area (Å²) in [6.07, 6.45) is 3.17. The maximum atomic E-state index is 12.4. The normalized spacial score (nSPS) is 11.7. The minimum absolute atomic E-state index is 0.0222. The number of nitrogens with zero attached hydrogens (tertiary/aromatic N) is 3. The molecule has 7 nitrogen and oxygen atoms in total. The van der Waals surface area contributed by atoms with Gasteiger partial charge in [0.05, 0.1) is 7.11 Å². The molecule has 0 aliphatic heterocycles. The number of hydrogen-bond acceptors (Lipinski definition) is 5. The lowest BCUT2D eigenvalue weighted by Crippen LogP contribution is -2.15. The Morgan fingerprint density at radius 3 is 2.71 bits per heavy atom. The predicted molar refractivity (Wildman–Crippen MR) is 81.9 cm³/mol. The van der Waals surface area contributed by atoms with Crippen molar-refractivity contribution in [1.29, 1.82) is 0 Å². The van der Waals surface area contributed by atoms with Gasteiger partial charge in [0.15, 0.2) is 10.7 Å². The first-order valence-corrected chi connectivity index (χ1v) is 8.38. The third-order valence-electron chi connectivity index (χ3n) is 2.64. The summed E-state index contributed by atoms with van der Waals surface area (Å²) in [6.45, 7) is 3.90. The Balaban J connectivity index is 2.35. The number of pyridine rings is 1. The Kier molecular flexibility index (Phi) is 4.52. The Labute approximate surface area is 131 Å². The molecule has 0 amide bonds. The summed E-state index contributed by atoms with van der Waals surface area (Å²) < 4.78 is 34.4. The summed E-state index contributed by atoms with van der Waals surface area (Å²) in [5.74, 6) is 0.264. The monoisotopic (exact) mass is 374 g/mol. The number of anilines is 1. The van der Waals surface area contributed by atoms with E-state index in [9.17, 15) is 8.42 Å². The molecule has 21 heavy (non-hydrogen) atoms. The molecule has 114 valence electrons. The Morgan fingerprint density at radius 1 is 1.43 bits per heavy atom. The molecule has 0 saturated carbocycles. The smallest absolute Gasteiger partial charge is 0.268 e. The van der Waals surface area contributed by atoms with Crippen molar-refractivity contribution in [3.05, 3.63) is 29.0 Å². The van der Waals surface area contributed by atoms with E-state index in [0.29, 0.717) is 4.47 Å². The highest BCUT2D eigenvalue weighted by Crippen LogP contribution is 2.26. The molecule has 0 saturated heterocycles. The molecular weight excluding hydrogens is 360 g/mol. The van der Waals surface area contributed by atoms with Gasteiger partial charge in [-0.2, -0.15) is 5.10 Å². The van der Waals surface area contributed by atoms with Crippen molar-refractivity contribution >= 4 is 31.8 Å². The van der Waals surface area contributed by atoms with Gasteiger partial charge in [0.1, 0.15) is 0 Å². The van der Waals surface area contributed by atoms with Crippen LogP contribution in [0, 0.1) is 0 Å². The van der Waals surface area contributed by atoms with Crippen LogP contribution in [0.2, 0.25) is 0 Å². The van der Waals surface area contributed by atoms with Crippen LogP contribution < -0.4 is 9.46 Å². The highest BCUT2D eigenvalue weighted by molar-refractivity contribution is 9.10. The highest BCUT2D eigenvalue weighted by atomic mass is 79.9. The number of halogens is 1. The Bertz CT molecular complexity index is 743. The number of aromatic nitrogens is 3. The number of hydrogen-bond donors (Lipinski definition) is 1. The zero-order valence-electron chi connectivity index (χ0n) is 11.7. The van der Waals surface area contributed by atoms with Gasteiger partial charge in [0, 0.05) is 29.0 Å². The molecule has 0 bridgehead atoms. The first-order valence-electron chi connectivity index (χ1n) is 6.11. The van der Waals surface area contributed by atoms with Gasteiger partial charge in [-0.15, -0.1) is 0 Å². The van der Waals surface area contributed by atoms with Crippen molar-refractivity contribution in [3.8, 4) is 5.88 Å². The minimum Gasteiger partial charge on any atom is -0.480 e. The summed E-state index contributed by atoms with van der Waals surface area (Å²) in [4.78, 5) is 3.87. The minimum atomic E-state index is -3.83. The van der Waals surface area contributed by atoms with Gasteiger partial charge < -0.3 is 4.74 Å². The standard InChI is InChI=1S/C12H15BrN4O3S/c1-8(2)17-5-4-11(15-17)16-21(18,19)10-6-9(13)7-14-12(10)20-3/h4-8H,1-3H3,(H,15,16). The van der Waals surface area contributed by atoms with Gasteiger partial charge in [-0.3, -0.25) is 9.40 Å². The third-order valence-corrected chi connectivity index (χ3v) is 4.43. The SMILES string of the molecule is COc1ncc(Br)cc1S(=O)(=O)Nc1ccn(C(C)C)n1. The largest absolute Gasteiger partial charge is 0.480 e. The fourth-order valence-corrected chi connectivity index (χ4v) is 3.25. The predicted octanol–water partition coefficient (Wildman–Crippen LogP) is 2.43. The number of nitrogens with one attached hydrogen (secondary N) is 1. The maximum absolute atomic E-state index is 12.4. The molecule has 0 fully saturated rings. The zero-order valence-corrected chi connectivity index (χ0v) is 14.1. The van der Waals surface area contributed by atoms with E-state index in [1.807, 2.05) is 13.8 Å². The lowest BCUT2D eigenvalue weighted by atomic mass is 10.4. The van der Waals surface area contributed by atoms with Gasteiger partial charge in [0.25, 0.3) is 10.0 Å². The van der Waals surface area contributed by atoms with Crippen molar-refractivity contribution in [3.63, 3.8) is 0 Å². The fourth-order valence-electron chi connectivity index (χ4n) is 1.63. The van der Waals surface area contributed by atoms with E-state index in [-0.39, 0.29) is 22.6 Å². The van der Waals surface area contributed by atoms with Crippen LogP contribution in [-0.4, -0.2) is 30.3 Å². The van der Waals surface area contributed by atoms with E-state index in [2.05, 4.69) is 30.7 Å². The molecule has 0 radical (unpaired) electrons. The molecule has 0 spiro atoms. The van der Waals surface area contributed by atoms with Gasteiger partial charge in [0.2, 0.25) is 5.88 Å². The lowest BCUT2D eigenvalue weighted by molar-refractivity contribution is 0.385. The van der Waals surface area contributed by atoms with Crippen LogP contribution in [0.4, 0.5) is 5.82 Å². The summed E-state index contributed by atoms with van der Waals surface area (Å²) in [5, 5.41) is 4.15. The van der Waals surface area contributed by atoms with Crippen LogP contribution in [0.1, 0.15) is 19.9 Å². The lowest BCUT2D eigenvalue weighted by Gasteiger charge is -2.09. The van der Waals surface area contributed by atoms with Crippen molar-refractivity contribution in [2.24, 2.45) is 0 Å². The molecule has 2 rings (SSSR count). The molecule has 0 aliphatic rings. The highest BCUT2D eigenvalue weighted by Gasteiger charge is 2.22. The molecule has 1 N–H and O–H groups in total. The van der Waals surface area contributed by atoms with Crippen LogP contribution in [0.3, 0.4) is 0 Å². The average Bonchev–Trinajstić information content (AvgIpc) is 2.86. The summed E-state index contributed by atoms with van der Waals surface area (Å²) in [5.41, 5.74) is 0. The van der Waals surface area contributed by atoms with Crippen LogP contribution in [0.5, 0.6) is 5.88 Å². The number of rotatable bonds is 5. The van der Waals surface area contributed by atoms with Gasteiger partial charge in [-0.1, -0.05) is 0 Å². The van der Waals surface area contributed by atoms with E-state index in [4.69, 9.17) is 4.74 Å². The average molecular weight is 375 g/mol. The molecule has 0 aromatic carbocycles. The Morgan fingerprint density at radius 2 is 2.14 bits per heavy atom. The molecule has 0 aliphatic carbocycles. The third kappa shape index (κ3) is 3.53. The second-order valence-corrected chi connectivity index (χ2v) is 7.11. The second-order valence-electron chi connectivity index (χ2n) is 4.54. The van der Waals surface area contributed by atoms with Crippen LogP contribution in [-0.2, 0) is 10.0 Å². The molecule has 2 heterocycles. The van der Waals surface area contributed by atoms with E-state index >= 15 is 0 Å². The van der Waals surface area contributed by atoms with E-state index in [1.54, 1.807) is 16.9 Å². The topological polar surface area (TPSA) is 86.1 Å². The molecule has 2 aromatic heterocycles. The molecule has 0 unspecified atom stereocenters. The van der Waals surface area contributed by atoms with Crippen LogP contribution >= 0.6 is 15.9 Å². The summed E-state index contributed by atoms with van der Waals surface area (Å²) >= 11 is 3.20. The van der Waals surface area contributed by atoms with Crippen molar-refractivity contribution < 1.29 is 13.2 Å². The number of sulfonamides is 1. The van der Waals surface area contributed by atoms with Gasteiger partial charge in [-0.25, -0.2) is 13.4 Å². The first kappa shape index (κ1) is 15.8. The molecular formula is C12H15BrN4O3S. The first-order chi connectivity index (χ1) is 9.83. The summed E-state index contributed by atoms with van der Waals surface area (Å²) in [6, 6.07) is 3.16. The zero-order chi connectivity index (χ0) is 15.6. The van der Waals surface area contributed by atoms with Crippen molar-refractivity contribution in [2.45, 2.75) is 24.8 Å².